The summed E-state index contributed by atoms with van der Waals surface area (Å²) in [6.07, 6.45) is 4.85. The highest BCUT2D eigenvalue weighted by molar-refractivity contribution is 6.25. The van der Waals surface area contributed by atoms with Crippen LogP contribution in [0.1, 0.15) is 31.7 Å². The van der Waals surface area contributed by atoms with Gasteiger partial charge in [-0.1, -0.05) is 153 Å². The van der Waals surface area contributed by atoms with Crippen molar-refractivity contribution in [1.82, 2.24) is 0 Å². The molecule has 0 radical (unpaired) electrons. The lowest BCUT2D eigenvalue weighted by molar-refractivity contribution is 0.722. The van der Waals surface area contributed by atoms with Crippen molar-refractivity contribution in [2.75, 3.05) is 0 Å². The second-order valence-electron chi connectivity index (χ2n) is 11.8. The van der Waals surface area contributed by atoms with Gasteiger partial charge in [0.15, 0.2) is 0 Å². The summed E-state index contributed by atoms with van der Waals surface area (Å²) in [5.74, 6) is 0. The van der Waals surface area contributed by atoms with Crippen LogP contribution >= 0.6 is 0 Å². The number of benzene rings is 8. The van der Waals surface area contributed by atoms with Crippen LogP contribution in [0.15, 0.2) is 140 Å². The van der Waals surface area contributed by atoms with Crippen LogP contribution < -0.4 is 0 Å². The molecule has 0 heteroatoms. The van der Waals surface area contributed by atoms with Crippen LogP contribution in [0.25, 0.3) is 76.1 Å². The van der Waals surface area contributed by atoms with E-state index in [1.807, 2.05) is 0 Å². The Balaban J connectivity index is 1.46. The number of rotatable bonds is 6. The van der Waals surface area contributed by atoms with E-state index < -0.39 is 0 Å². The van der Waals surface area contributed by atoms with Gasteiger partial charge in [0.2, 0.25) is 0 Å². The highest BCUT2D eigenvalue weighted by Crippen LogP contribution is 2.46. The summed E-state index contributed by atoms with van der Waals surface area (Å²) in [6.45, 7) is 2.29. The molecule has 0 atom stereocenters. The molecule has 8 rings (SSSR count). The minimum Gasteiger partial charge on any atom is -0.0654 e. The lowest BCUT2D eigenvalue weighted by Gasteiger charge is -2.19. The topological polar surface area (TPSA) is 0 Å². The van der Waals surface area contributed by atoms with Gasteiger partial charge in [0.05, 0.1) is 0 Å². The summed E-state index contributed by atoms with van der Waals surface area (Å²) in [5, 5.41) is 13.3. The SMILES string of the molecule is CCCCCc1c2ccccc2cc2c1ccc1c(-c3c4ccccc4c(-c4ccccc4)c4ccccc34)cccc12. The van der Waals surface area contributed by atoms with Gasteiger partial charge in [-0.25, -0.2) is 0 Å². The molecule has 0 spiro atoms. The zero-order chi connectivity index (χ0) is 28.8. The average Bonchev–Trinajstić information content (AvgIpc) is 3.07. The molecule has 8 aromatic carbocycles. The fraction of sp³-hybridized carbons (Fsp3) is 0.116. The first kappa shape index (κ1) is 25.7. The van der Waals surface area contributed by atoms with Gasteiger partial charge in [-0.05, 0) is 101 Å². The smallest absolute Gasteiger partial charge is 0.00201 e. The minimum absolute atomic E-state index is 1.12. The maximum atomic E-state index is 2.43. The van der Waals surface area contributed by atoms with Gasteiger partial charge in [0.25, 0.3) is 0 Å². The molecule has 8 aromatic rings. The Morgan fingerprint density at radius 1 is 0.395 bits per heavy atom. The van der Waals surface area contributed by atoms with Gasteiger partial charge in [-0.3, -0.25) is 0 Å². The first-order valence-corrected chi connectivity index (χ1v) is 15.7. The van der Waals surface area contributed by atoms with Crippen molar-refractivity contribution < 1.29 is 0 Å². The highest BCUT2D eigenvalue weighted by Gasteiger charge is 2.19. The normalized spacial score (nSPS) is 11.7. The highest BCUT2D eigenvalue weighted by atomic mass is 14.2. The molecule has 0 unspecified atom stereocenters. The third kappa shape index (κ3) is 4.21. The first-order valence-electron chi connectivity index (χ1n) is 15.7. The first-order chi connectivity index (χ1) is 21.3. The van der Waals surface area contributed by atoms with Crippen LogP contribution in [0.2, 0.25) is 0 Å². The van der Waals surface area contributed by atoms with E-state index in [2.05, 4.69) is 146 Å². The Bertz CT molecular complexity index is 2230. The quantitative estimate of drug-likeness (QED) is 0.110. The molecule has 0 saturated carbocycles. The zero-order valence-corrected chi connectivity index (χ0v) is 24.6. The molecule has 206 valence electrons. The summed E-state index contributed by atoms with van der Waals surface area (Å²) >= 11 is 0. The van der Waals surface area contributed by atoms with E-state index >= 15 is 0 Å². The number of fused-ring (bicyclic) bond motifs is 6. The molecule has 43 heavy (non-hydrogen) atoms. The molecule has 0 aliphatic carbocycles. The Kier molecular flexibility index (Phi) is 6.42. The number of hydrogen-bond donors (Lipinski definition) is 0. The van der Waals surface area contributed by atoms with E-state index in [0.29, 0.717) is 0 Å². The molecule has 0 fully saturated rings. The maximum absolute atomic E-state index is 2.43. The molecule has 0 heterocycles. The Hall–Kier alpha value is -4.94. The Labute approximate surface area is 253 Å². The number of hydrogen-bond acceptors (Lipinski definition) is 0. The van der Waals surface area contributed by atoms with Gasteiger partial charge >= 0.3 is 0 Å². The molecule has 0 N–H and O–H groups in total. The Morgan fingerprint density at radius 2 is 0.977 bits per heavy atom. The van der Waals surface area contributed by atoms with Gasteiger partial charge in [0.1, 0.15) is 0 Å². The summed E-state index contributed by atoms with van der Waals surface area (Å²) in [5.41, 5.74) is 6.68. The van der Waals surface area contributed by atoms with Gasteiger partial charge in [-0.15, -0.1) is 0 Å². The predicted molar refractivity (Wildman–Crippen MR) is 188 cm³/mol. The molecule has 0 aromatic heterocycles. The standard InChI is InChI=1S/C43H34/c1-2-3-5-19-32-31-18-9-8-17-30(31)28-41-33-24-14-25-36(34(33)26-27-35(32)41)43-39-22-12-10-20-37(39)42(29-15-6-4-7-16-29)38-21-11-13-23-40(38)43/h4,6-18,20-28H,2-3,5,19H2,1H3. The third-order valence-corrected chi connectivity index (χ3v) is 9.31. The summed E-state index contributed by atoms with van der Waals surface area (Å²) in [7, 11) is 0. The number of unbranched alkanes of at least 4 members (excludes halogenated alkanes) is 2. The summed E-state index contributed by atoms with van der Waals surface area (Å²) in [6, 6.07) is 51.9. The van der Waals surface area contributed by atoms with Crippen molar-refractivity contribution >= 4 is 53.9 Å². The van der Waals surface area contributed by atoms with Crippen molar-refractivity contribution in [1.29, 1.82) is 0 Å². The van der Waals surface area contributed by atoms with Crippen LogP contribution in [0.4, 0.5) is 0 Å². The molecule has 0 aliphatic heterocycles. The van der Waals surface area contributed by atoms with Crippen molar-refractivity contribution in [2.45, 2.75) is 32.6 Å². The molecule has 0 saturated heterocycles. The van der Waals surface area contributed by atoms with Crippen molar-refractivity contribution in [3.05, 3.63) is 145 Å². The summed E-state index contributed by atoms with van der Waals surface area (Å²) in [4.78, 5) is 0. The lowest BCUT2D eigenvalue weighted by atomic mass is 9.84. The van der Waals surface area contributed by atoms with E-state index in [1.165, 1.54) is 101 Å². The van der Waals surface area contributed by atoms with Gasteiger partial charge in [0, 0.05) is 0 Å². The average molecular weight is 551 g/mol. The Morgan fingerprint density at radius 3 is 1.67 bits per heavy atom. The van der Waals surface area contributed by atoms with Crippen molar-refractivity contribution in [2.24, 2.45) is 0 Å². The van der Waals surface area contributed by atoms with Crippen LogP contribution in [0, 0.1) is 0 Å². The summed E-state index contributed by atoms with van der Waals surface area (Å²) < 4.78 is 0. The second-order valence-corrected chi connectivity index (χ2v) is 11.8. The van der Waals surface area contributed by atoms with Crippen LogP contribution in [0.5, 0.6) is 0 Å². The van der Waals surface area contributed by atoms with E-state index in [9.17, 15) is 0 Å². The molecule has 0 bridgehead atoms. The molecular weight excluding hydrogens is 516 g/mol. The fourth-order valence-electron chi connectivity index (χ4n) is 7.37. The zero-order valence-electron chi connectivity index (χ0n) is 24.6. The van der Waals surface area contributed by atoms with E-state index in [-0.39, 0.29) is 0 Å². The van der Waals surface area contributed by atoms with Crippen molar-refractivity contribution in [3.63, 3.8) is 0 Å². The van der Waals surface area contributed by atoms with Gasteiger partial charge < -0.3 is 0 Å². The van der Waals surface area contributed by atoms with Crippen LogP contribution in [-0.4, -0.2) is 0 Å². The van der Waals surface area contributed by atoms with Crippen LogP contribution in [-0.2, 0) is 6.42 Å². The van der Waals surface area contributed by atoms with Crippen LogP contribution in [0.3, 0.4) is 0 Å². The molecule has 0 nitrogen and oxygen atoms in total. The predicted octanol–water partition coefficient (Wildman–Crippen LogP) is 12.5. The third-order valence-electron chi connectivity index (χ3n) is 9.31. The number of aryl methyl sites for hydroxylation is 1. The molecule has 0 amide bonds. The lowest BCUT2D eigenvalue weighted by Crippen LogP contribution is -1.94. The minimum atomic E-state index is 1.12. The molecule has 0 aliphatic rings. The largest absolute Gasteiger partial charge is 0.0654 e. The second kappa shape index (κ2) is 10.7. The maximum Gasteiger partial charge on any atom is -0.00201 e. The fourth-order valence-corrected chi connectivity index (χ4v) is 7.37. The molecular formula is C43H34. The van der Waals surface area contributed by atoms with Gasteiger partial charge in [-0.2, -0.15) is 0 Å². The van der Waals surface area contributed by atoms with E-state index in [4.69, 9.17) is 0 Å². The monoisotopic (exact) mass is 550 g/mol. The van der Waals surface area contributed by atoms with E-state index in [1.54, 1.807) is 0 Å². The van der Waals surface area contributed by atoms with E-state index in [0.717, 1.165) is 6.42 Å². The van der Waals surface area contributed by atoms with Crippen molar-refractivity contribution in [3.8, 4) is 22.3 Å².